The highest BCUT2D eigenvalue weighted by Crippen LogP contribution is 2.15. The molecule has 0 saturated heterocycles. The molecule has 0 radical (unpaired) electrons. The van der Waals surface area contributed by atoms with Gasteiger partial charge >= 0.3 is 0 Å². The highest BCUT2D eigenvalue weighted by Gasteiger charge is 1.96. The second kappa shape index (κ2) is 5.35. The van der Waals surface area contributed by atoms with Gasteiger partial charge in [0.05, 0.1) is 0 Å². The van der Waals surface area contributed by atoms with Crippen molar-refractivity contribution in [1.29, 1.82) is 0 Å². The predicted molar refractivity (Wildman–Crippen MR) is 68.6 cm³/mol. The molecule has 0 spiro atoms. The van der Waals surface area contributed by atoms with Gasteiger partial charge in [0.2, 0.25) is 0 Å². The topological polar surface area (TPSA) is 0 Å². The molecule has 0 aromatic heterocycles. The highest BCUT2D eigenvalue weighted by atomic mass is 14.0. The van der Waals surface area contributed by atoms with E-state index in [1.54, 1.807) is 0 Å². The first kappa shape index (κ1) is 11.5. The van der Waals surface area contributed by atoms with E-state index in [9.17, 15) is 0 Å². The van der Waals surface area contributed by atoms with Crippen LogP contribution in [0.15, 0.2) is 61.2 Å². The lowest BCUT2D eigenvalue weighted by Gasteiger charge is -2.04. The first-order valence-corrected chi connectivity index (χ1v) is 5.22. The molecule has 0 aliphatic carbocycles. The molecule has 15 heavy (non-hydrogen) atoms. The van der Waals surface area contributed by atoms with Gasteiger partial charge in [-0.15, -0.1) is 0 Å². The molecule has 78 valence electrons. The normalized spacial score (nSPS) is 10.9. The van der Waals surface area contributed by atoms with Gasteiger partial charge in [-0.25, -0.2) is 0 Å². The second-order valence-corrected chi connectivity index (χ2v) is 3.95. The zero-order chi connectivity index (χ0) is 11.3. The summed E-state index contributed by atoms with van der Waals surface area (Å²) < 4.78 is 0. The summed E-state index contributed by atoms with van der Waals surface area (Å²) in [5.41, 5.74) is 3.31. The van der Waals surface area contributed by atoms with Gasteiger partial charge < -0.3 is 0 Å². The summed E-state index contributed by atoms with van der Waals surface area (Å²) >= 11 is 0. The second-order valence-electron chi connectivity index (χ2n) is 3.95. The first-order valence-electron chi connectivity index (χ1n) is 5.22. The van der Waals surface area contributed by atoms with Crippen LogP contribution in [0.5, 0.6) is 0 Å². The minimum Gasteiger partial charge on any atom is -0.0956 e. The van der Waals surface area contributed by atoms with E-state index in [2.05, 4.69) is 39.1 Å². The van der Waals surface area contributed by atoms with Crippen molar-refractivity contribution in [2.24, 2.45) is 5.92 Å². The molecule has 0 unspecified atom stereocenters. The zero-order valence-corrected chi connectivity index (χ0v) is 9.53. The third-order valence-electron chi connectivity index (χ3n) is 2.38. The summed E-state index contributed by atoms with van der Waals surface area (Å²) in [6.45, 7) is 12.3. The van der Waals surface area contributed by atoms with Crippen molar-refractivity contribution in [3.05, 3.63) is 66.8 Å². The maximum Gasteiger partial charge on any atom is -0.0190 e. The summed E-state index contributed by atoms with van der Waals surface area (Å²) in [5, 5.41) is 0. The van der Waals surface area contributed by atoms with Crippen molar-refractivity contribution in [1.82, 2.24) is 0 Å². The molecule has 0 amide bonds. The van der Waals surface area contributed by atoms with Gasteiger partial charge in [-0.05, 0) is 17.1 Å². The Balaban J connectivity index is 2.69. The van der Waals surface area contributed by atoms with Gasteiger partial charge in [0.15, 0.2) is 0 Å². The highest BCUT2D eigenvalue weighted by molar-refractivity contribution is 5.72. The Morgan fingerprint density at radius 2 is 1.67 bits per heavy atom. The Bertz CT molecular complexity index is 366. The third kappa shape index (κ3) is 3.59. The molecule has 1 aromatic carbocycles. The summed E-state index contributed by atoms with van der Waals surface area (Å²) in [4.78, 5) is 0. The van der Waals surface area contributed by atoms with E-state index in [4.69, 9.17) is 0 Å². The molecule has 1 rings (SSSR count). The van der Waals surface area contributed by atoms with E-state index in [0.29, 0.717) is 5.92 Å². The van der Waals surface area contributed by atoms with Gasteiger partial charge in [-0.2, -0.15) is 0 Å². The molecule has 0 fully saturated rings. The van der Waals surface area contributed by atoms with Gasteiger partial charge in [-0.1, -0.05) is 75.1 Å². The van der Waals surface area contributed by atoms with Crippen molar-refractivity contribution in [3.63, 3.8) is 0 Å². The smallest absolute Gasteiger partial charge is 0.0190 e. The van der Waals surface area contributed by atoms with Crippen LogP contribution in [0.3, 0.4) is 0 Å². The third-order valence-corrected chi connectivity index (χ3v) is 2.38. The molecule has 0 atom stereocenters. The summed E-state index contributed by atoms with van der Waals surface area (Å²) in [5.74, 6) is 0.491. The van der Waals surface area contributed by atoms with Crippen molar-refractivity contribution >= 4 is 5.57 Å². The van der Waals surface area contributed by atoms with Crippen molar-refractivity contribution < 1.29 is 0 Å². The lowest BCUT2D eigenvalue weighted by Crippen LogP contribution is -1.87. The Morgan fingerprint density at radius 3 is 2.20 bits per heavy atom. The fourth-order valence-corrected chi connectivity index (χ4v) is 1.15. The van der Waals surface area contributed by atoms with Crippen LogP contribution in [-0.4, -0.2) is 0 Å². The van der Waals surface area contributed by atoms with Gasteiger partial charge in [0.25, 0.3) is 0 Å². The lowest BCUT2D eigenvalue weighted by molar-refractivity contribution is 0.795. The Morgan fingerprint density at radius 1 is 1.07 bits per heavy atom. The van der Waals surface area contributed by atoms with Crippen LogP contribution in [0.2, 0.25) is 0 Å². The summed E-state index contributed by atoms with van der Waals surface area (Å²) in [7, 11) is 0. The number of rotatable bonds is 4. The summed E-state index contributed by atoms with van der Waals surface area (Å²) in [6, 6.07) is 10.2. The molecule has 0 aliphatic rings. The molecule has 1 aromatic rings. The fourth-order valence-electron chi connectivity index (χ4n) is 1.15. The average molecular weight is 198 g/mol. The van der Waals surface area contributed by atoms with E-state index in [-0.39, 0.29) is 0 Å². The van der Waals surface area contributed by atoms with Crippen molar-refractivity contribution in [2.45, 2.75) is 13.8 Å². The van der Waals surface area contributed by atoms with Crippen LogP contribution in [0.4, 0.5) is 0 Å². The summed E-state index contributed by atoms with van der Waals surface area (Å²) in [6.07, 6.45) is 4.07. The number of allylic oxidation sites excluding steroid dienone is 4. The van der Waals surface area contributed by atoms with Gasteiger partial charge in [-0.3, -0.25) is 0 Å². The predicted octanol–water partition coefficient (Wildman–Crippen LogP) is 4.47. The van der Waals surface area contributed by atoms with E-state index < -0.39 is 0 Å². The molecule has 0 bridgehead atoms. The fraction of sp³-hybridized carbons (Fsp3) is 0.200. The molecular formula is C15H18. The largest absolute Gasteiger partial charge is 0.0956 e. The van der Waals surface area contributed by atoms with E-state index >= 15 is 0 Å². The van der Waals surface area contributed by atoms with E-state index in [0.717, 1.165) is 16.7 Å². The Hall–Kier alpha value is -1.56. The van der Waals surface area contributed by atoms with Gasteiger partial charge in [0.1, 0.15) is 0 Å². The van der Waals surface area contributed by atoms with Crippen LogP contribution in [-0.2, 0) is 0 Å². The Labute approximate surface area is 92.6 Å². The first-order chi connectivity index (χ1) is 7.11. The quantitative estimate of drug-likeness (QED) is 0.626. The maximum absolute atomic E-state index is 4.03. The maximum atomic E-state index is 4.03. The van der Waals surface area contributed by atoms with Crippen LogP contribution < -0.4 is 0 Å². The lowest BCUT2D eigenvalue weighted by atomic mass is 10.0. The Kier molecular flexibility index (Phi) is 4.11. The van der Waals surface area contributed by atoms with Crippen LogP contribution >= 0.6 is 0 Å². The molecule has 0 heteroatoms. The van der Waals surface area contributed by atoms with Crippen LogP contribution in [0.25, 0.3) is 5.57 Å². The van der Waals surface area contributed by atoms with E-state index in [1.807, 2.05) is 30.4 Å². The molecule has 0 saturated carbocycles. The van der Waals surface area contributed by atoms with Gasteiger partial charge in [0, 0.05) is 0 Å². The molecule has 0 aliphatic heterocycles. The number of benzene rings is 1. The SMILES string of the molecule is C=C(/C=C\C(=C)C(C)C)c1ccccc1. The standard InChI is InChI=1S/C15H18/c1-12(2)13(3)10-11-14(4)15-8-6-5-7-9-15/h5-12H,3-4H2,1-2H3/b11-10-. The zero-order valence-electron chi connectivity index (χ0n) is 9.53. The molecule has 0 heterocycles. The molecule has 0 N–H and O–H groups in total. The van der Waals surface area contributed by atoms with Crippen LogP contribution in [0.1, 0.15) is 19.4 Å². The average Bonchev–Trinajstić information content (AvgIpc) is 2.26. The minimum atomic E-state index is 0.491. The van der Waals surface area contributed by atoms with E-state index in [1.165, 1.54) is 0 Å². The molecular weight excluding hydrogens is 180 g/mol. The van der Waals surface area contributed by atoms with Crippen LogP contribution in [0, 0.1) is 5.92 Å². The number of hydrogen-bond donors (Lipinski definition) is 0. The number of hydrogen-bond acceptors (Lipinski definition) is 0. The monoisotopic (exact) mass is 198 g/mol. The molecule has 0 nitrogen and oxygen atoms in total. The van der Waals surface area contributed by atoms with Crippen molar-refractivity contribution in [3.8, 4) is 0 Å². The van der Waals surface area contributed by atoms with Crippen molar-refractivity contribution in [2.75, 3.05) is 0 Å². The minimum absolute atomic E-state index is 0.491.